The zero-order valence-corrected chi connectivity index (χ0v) is 4.98. The van der Waals surface area contributed by atoms with E-state index in [-0.39, 0.29) is 0 Å². The second-order valence-electron chi connectivity index (χ2n) is 2.09. The van der Waals surface area contributed by atoms with Gasteiger partial charge in [0.05, 0.1) is 0 Å². The molecule has 0 heteroatoms. The van der Waals surface area contributed by atoms with Crippen LogP contribution in [0.5, 0.6) is 0 Å². The topological polar surface area (TPSA) is 0 Å². The van der Waals surface area contributed by atoms with Gasteiger partial charge in [-0.25, -0.2) is 0 Å². The monoisotopic (exact) mass is 106 g/mol. The third kappa shape index (κ3) is 1.13. The maximum absolute atomic E-state index is 3.72. The Morgan fingerprint density at radius 3 is 2.75 bits per heavy atom. The molecule has 0 aliphatic heterocycles. The van der Waals surface area contributed by atoms with E-state index in [2.05, 4.69) is 18.4 Å². The van der Waals surface area contributed by atoms with Crippen LogP contribution >= 0.6 is 0 Å². The molecule has 1 atom stereocenters. The van der Waals surface area contributed by atoms with E-state index in [4.69, 9.17) is 0 Å². The molecule has 0 N–H and O–H groups in total. The Kier molecular flexibility index (Phi) is 1.75. The molecule has 0 spiro atoms. The molecular weight excluding hydrogens is 96.1 g/mol. The van der Waals surface area contributed by atoms with Gasteiger partial charge in [0.1, 0.15) is 0 Å². The van der Waals surface area contributed by atoms with Crippen LogP contribution in [-0.4, -0.2) is 0 Å². The van der Waals surface area contributed by atoms with Gasteiger partial charge in [-0.05, 0) is 12.3 Å². The SMILES string of the molecule is C=CC1CC#CCC1. The van der Waals surface area contributed by atoms with Gasteiger partial charge in [-0.15, -0.1) is 18.4 Å². The maximum Gasteiger partial charge on any atom is 0.0152 e. The van der Waals surface area contributed by atoms with Crippen molar-refractivity contribution in [1.29, 1.82) is 0 Å². The van der Waals surface area contributed by atoms with E-state index in [1.807, 2.05) is 6.08 Å². The highest BCUT2D eigenvalue weighted by molar-refractivity contribution is 5.07. The Morgan fingerprint density at radius 2 is 2.38 bits per heavy atom. The molecule has 1 aliphatic carbocycles. The Bertz CT molecular complexity index is 134. The normalized spacial score (nSPS) is 25.8. The first-order valence-corrected chi connectivity index (χ1v) is 3.02. The van der Waals surface area contributed by atoms with Gasteiger partial charge in [-0.1, -0.05) is 6.08 Å². The number of hydrogen-bond acceptors (Lipinski definition) is 0. The van der Waals surface area contributed by atoms with Gasteiger partial charge in [-0.3, -0.25) is 0 Å². The van der Waals surface area contributed by atoms with Crippen molar-refractivity contribution in [2.24, 2.45) is 5.92 Å². The fourth-order valence-electron chi connectivity index (χ4n) is 0.852. The van der Waals surface area contributed by atoms with E-state index in [1.54, 1.807) is 0 Å². The minimum Gasteiger partial charge on any atom is -0.103 e. The first-order chi connectivity index (χ1) is 3.93. The minimum atomic E-state index is 0.677. The van der Waals surface area contributed by atoms with Gasteiger partial charge in [0.25, 0.3) is 0 Å². The Labute approximate surface area is 50.6 Å². The number of allylic oxidation sites excluding steroid dienone is 1. The molecule has 0 fully saturated rings. The zero-order valence-electron chi connectivity index (χ0n) is 4.98. The molecular formula is C8H10. The Morgan fingerprint density at radius 1 is 1.50 bits per heavy atom. The first-order valence-electron chi connectivity index (χ1n) is 3.02. The van der Waals surface area contributed by atoms with Crippen LogP contribution in [-0.2, 0) is 0 Å². The van der Waals surface area contributed by atoms with Crippen molar-refractivity contribution in [3.8, 4) is 11.8 Å². The average Bonchev–Trinajstić information content (AvgIpc) is 1.90. The third-order valence-corrected chi connectivity index (χ3v) is 1.46. The van der Waals surface area contributed by atoms with Gasteiger partial charge in [0.2, 0.25) is 0 Å². The van der Waals surface area contributed by atoms with Crippen LogP contribution in [0.3, 0.4) is 0 Å². The molecule has 0 radical (unpaired) electrons. The molecule has 0 aromatic heterocycles. The lowest BCUT2D eigenvalue weighted by Gasteiger charge is -2.07. The van der Waals surface area contributed by atoms with Crippen molar-refractivity contribution in [2.75, 3.05) is 0 Å². The van der Waals surface area contributed by atoms with Crippen molar-refractivity contribution in [1.82, 2.24) is 0 Å². The molecule has 0 nitrogen and oxygen atoms in total. The van der Waals surface area contributed by atoms with Crippen LogP contribution in [0, 0.1) is 17.8 Å². The summed E-state index contributed by atoms with van der Waals surface area (Å²) in [6.07, 6.45) is 5.32. The molecule has 1 rings (SSSR count). The summed E-state index contributed by atoms with van der Waals surface area (Å²) in [5.74, 6) is 6.79. The first kappa shape index (κ1) is 5.44. The van der Waals surface area contributed by atoms with E-state index in [1.165, 1.54) is 6.42 Å². The summed E-state index contributed by atoms with van der Waals surface area (Å²) in [5, 5.41) is 0. The number of rotatable bonds is 1. The average molecular weight is 106 g/mol. The smallest absolute Gasteiger partial charge is 0.0152 e. The van der Waals surface area contributed by atoms with Crippen molar-refractivity contribution in [3.05, 3.63) is 12.7 Å². The highest BCUT2D eigenvalue weighted by Crippen LogP contribution is 2.13. The highest BCUT2D eigenvalue weighted by Gasteiger charge is 2.02. The predicted molar refractivity (Wildman–Crippen MR) is 35.3 cm³/mol. The van der Waals surface area contributed by atoms with Gasteiger partial charge >= 0.3 is 0 Å². The van der Waals surface area contributed by atoms with Crippen molar-refractivity contribution in [2.45, 2.75) is 19.3 Å². The van der Waals surface area contributed by atoms with Gasteiger partial charge in [0.15, 0.2) is 0 Å². The molecule has 1 unspecified atom stereocenters. The summed E-state index contributed by atoms with van der Waals surface area (Å²) < 4.78 is 0. The van der Waals surface area contributed by atoms with E-state index in [0.717, 1.165) is 12.8 Å². The molecule has 8 heavy (non-hydrogen) atoms. The van der Waals surface area contributed by atoms with E-state index in [9.17, 15) is 0 Å². The van der Waals surface area contributed by atoms with Crippen molar-refractivity contribution in [3.63, 3.8) is 0 Å². The number of hydrogen-bond donors (Lipinski definition) is 0. The molecule has 42 valence electrons. The molecule has 0 saturated carbocycles. The van der Waals surface area contributed by atoms with Crippen LogP contribution in [0.15, 0.2) is 12.7 Å². The molecule has 0 saturated heterocycles. The molecule has 0 aromatic rings. The summed E-state index contributed by atoms with van der Waals surface area (Å²) in [6, 6.07) is 0. The van der Waals surface area contributed by atoms with Gasteiger partial charge in [0, 0.05) is 12.8 Å². The highest BCUT2D eigenvalue weighted by atomic mass is 14.1. The largest absolute Gasteiger partial charge is 0.103 e. The van der Waals surface area contributed by atoms with E-state index in [0.29, 0.717) is 5.92 Å². The quantitative estimate of drug-likeness (QED) is 0.354. The Hall–Kier alpha value is -0.700. The van der Waals surface area contributed by atoms with Crippen LogP contribution < -0.4 is 0 Å². The van der Waals surface area contributed by atoms with Crippen LogP contribution in [0.4, 0.5) is 0 Å². The molecule has 0 amide bonds. The fraction of sp³-hybridized carbons (Fsp3) is 0.500. The van der Waals surface area contributed by atoms with Crippen molar-refractivity contribution >= 4 is 0 Å². The zero-order chi connectivity index (χ0) is 5.82. The molecule has 1 aliphatic rings. The van der Waals surface area contributed by atoms with Crippen LogP contribution in [0.25, 0.3) is 0 Å². The standard InChI is InChI=1S/C8H10/c1-2-8-6-4-3-5-7-8/h2,8H,1,4,6-7H2. The summed E-state index contributed by atoms with van der Waals surface area (Å²) in [5.41, 5.74) is 0. The predicted octanol–water partition coefficient (Wildman–Crippen LogP) is 1.98. The van der Waals surface area contributed by atoms with Crippen LogP contribution in [0.2, 0.25) is 0 Å². The molecule has 0 bridgehead atoms. The lowest BCUT2D eigenvalue weighted by Crippen LogP contribution is -1.96. The second kappa shape index (κ2) is 2.57. The maximum atomic E-state index is 3.72. The Balaban J connectivity index is 2.43. The lowest BCUT2D eigenvalue weighted by atomic mass is 9.97. The lowest BCUT2D eigenvalue weighted by molar-refractivity contribution is 0.608. The summed E-state index contributed by atoms with van der Waals surface area (Å²) in [4.78, 5) is 0. The molecule has 0 aromatic carbocycles. The van der Waals surface area contributed by atoms with E-state index < -0.39 is 0 Å². The van der Waals surface area contributed by atoms with E-state index >= 15 is 0 Å². The van der Waals surface area contributed by atoms with Crippen LogP contribution in [0.1, 0.15) is 19.3 Å². The summed E-state index contributed by atoms with van der Waals surface area (Å²) in [6.45, 7) is 3.72. The molecule has 0 heterocycles. The third-order valence-electron chi connectivity index (χ3n) is 1.46. The fourth-order valence-corrected chi connectivity index (χ4v) is 0.852. The van der Waals surface area contributed by atoms with Gasteiger partial charge < -0.3 is 0 Å². The van der Waals surface area contributed by atoms with Crippen molar-refractivity contribution < 1.29 is 0 Å². The van der Waals surface area contributed by atoms with Gasteiger partial charge in [-0.2, -0.15) is 0 Å². The summed E-state index contributed by atoms with van der Waals surface area (Å²) >= 11 is 0. The minimum absolute atomic E-state index is 0.677. The second-order valence-corrected chi connectivity index (χ2v) is 2.09. The summed E-state index contributed by atoms with van der Waals surface area (Å²) in [7, 11) is 0.